The molecule has 0 aliphatic heterocycles. The predicted octanol–water partition coefficient (Wildman–Crippen LogP) is 3.06. The number of benzene rings is 2. The highest BCUT2D eigenvalue weighted by molar-refractivity contribution is 5.67. The van der Waals surface area contributed by atoms with Gasteiger partial charge in [-0.3, -0.25) is 0 Å². The first-order valence-electron chi connectivity index (χ1n) is 7.36. The van der Waals surface area contributed by atoms with Gasteiger partial charge < -0.3 is 10.1 Å². The van der Waals surface area contributed by atoms with Crippen LogP contribution < -0.4 is 5.32 Å². The van der Waals surface area contributed by atoms with Crippen LogP contribution in [-0.4, -0.2) is 12.6 Å². The van der Waals surface area contributed by atoms with Gasteiger partial charge in [0.1, 0.15) is 6.61 Å². The van der Waals surface area contributed by atoms with E-state index in [-0.39, 0.29) is 13.2 Å². The van der Waals surface area contributed by atoms with Crippen LogP contribution in [0.2, 0.25) is 0 Å². The largest absolute Gasteiger partial charge is 0.445 e. The Morgan fingerprint density at radius 2 is 1.91 bits per heavy atom. The molecule has 0 unspecified atom stereocenters. The molecule has 0 spiro atoms. The van der Waals surface area contributed by atoms with E-state index < -0.39 is 6.09 Å². The lowest BCUT2D eigenvalue weighted by molar-refractivity contribution is 0.141. The van der Waals surface area contributed by atoms with E-state index in [1.165, 1.54) is 17.5 Å². The molecule has 0 saturated carbocycles. The number of nitrogens with one attached hydrogen (secondary N) is 1. The number of hydrogen-bond donors (Lipinski definition) is 1. The van der Waals surface area contributed by atoms with Crippen molar-refractivity contribution >= 4 is 6.09 Å². The number of carbonyl (C=O) groups excluding carboxylic acids is 1. The van der Waals surface area contributed by atoms with Crippen LogP contribution >= 0.6 is 0 Å². The van der Waals surface area contributed by atoms with Crippen LogP contribution in [0.5, 0.6) is 0 Å². The number of amides is 1. The third-order valence-electron chi connectivity index (χ3n) is 3.64. The van der Waals surface area contributed by atoms with Gasteiger partial charge in [0.05, 0.1) is 6.54 Å². The molecule has 3 nitrogen and oxygen atoms in total. The first kappa shape index (κ1) is 14.2. The van der Waals surface area contributed by atoms with Crippen molar-refractivity contribution in [2.75, 3.05) is 6.54 Å². The van der Waals surface area contributed by atoms with Crippen LogP contribution in [-0.2, 0) is 24.2 Å². The Morgan fingerprint density at radius 3 is 2.64 bits per heavy atom. The average molecular weight is 291 g/mol. The Kier molecular flexibility index (Phi) is 4.41. The molecule has 2 aromatic carbocycles. The number of rotatable bonds is 3. The van der Waals surface area contributed by atoms with E-state index in [1.54, 1.807) is 0 Å². The second kappa shape index (κ2) is 6.82. The van der Waals surface area contributed by atoms with Gasteiger partial charge in [-0.2, -0.15) is 0 Å². The number of hydrogen-bond acceptors (Lipinski definition) is 2. The zero-order chi connectivity index (χ0) is 15.2. The maximum absolute atomic E-state index is 11.5. The highest BCUT2D eigenvalue weighted by Gasteiger charge is 2.11. The van der Waals surface area contributed by atoms with Crippen molar-refractivity contribution in [1.82, 2.24) is 5.32 Å². The molecular weight excluding hydrogens is 274 g/mol. The molecule has 1 aliphatic rings. The number of fused-ring (bicyclic) bond motifs is 1. The van der Waals surface area contributed by atoms with Crippen LogP contribution in [0.4, 0.5) is 4.79 Å². The molecule has 2 aromatic rings. The minimum Gasteiger partial charge on any atom is -0.445 e. The molecule has 3 heteroatoms. The van der Waals surface area contributed by atoms with Crippen molar-refractivity contribution < 1.29 is 9.53 Å². The Morgan fingerprint density at radius 1 is 1.09 bits per heavy atom. The van der Waals surface area contributed by atoms with Gasteiger partial charge in [0.25, 0.3) is 0 Å². The zero-order valence-corrected chi connectivity index (χ0v) is 12.3. The van der Waals surface area contributed by atoms with Gasteiger partial charge in [-0.25, -0.2) is 4.79 Å². The molecule has 1 aliphatic carbocycles. The predicted molar refractivity (Wildman–Crippen MR) is 85.4 cm³/mol. The van der Waals surface area contributed by atoms with Crippen molar-refractivity contribution in [2.24, 2.45) is 0 Å². The molecule has 22 heavy (non-hydrogen) atoms. The minimum atomic E-state index is -0.449. The standard InChI is InChI=1S/C19H17NO2/c21-19(22-14-16-5-2-1-3-6-16)20-12-4-7-15-8-9-17-10-11-18(17)13-15/h1-3,5-6,8-9,13H,10-12,14H2,(H,20,21). The molecule has 0 bridgehead atoms. The van der Waals surface area contributed by atoms with Crippen molar-refractivity contribution in [3.8, 4) is 11.8 Å². The van der Waals surface area contributed by atoms with E-state index in [0.29, 0.717) is 0 Å². The van der Waals surface area contributed by atoms with Crippen LogP contribution in [0.25, 0.3) is 0 Å². The van der Waals surface area contributed by atoms with E-state index in [0.717, 1.165) is 17.5 Å². The van der Waals surface area contributed by atoms with Crippen molar-refractivity contribution in [3.05, 3.63) is 70.8 Å². The zero-order valence-electron chi connectivity index (χ0n) is 12.3. The first-order valence-corrected chi connectivity index (χ1v) is 7.36. The van der Waals surface area contributed by atoms with E-state index >= 15 is 0 Å². The molecule has 0 saturated heterocycles. The lowest BCUT2D eigenvalue weighted by Gasteiger charge is -2.17. The van der Waals surface area contributed by atoms with E-state index in [2.05, 4.69) is 29.3 Å². The summed E-state index contributed by atoms with van der Waals surface area (Å²) in [5.74, 6) is 6.00. The summed E-state index contributed by atoms with van der Waals surface area (Å²) in [6.45, 7) is 0.551. The summed E-state index contributed by atoms with van der Waals surface area (Å²) in [5, 5.41) is 2.63. The minimum absolute atomic E-state index is 0.269. The first-order chi connectivity index (χ1) is 10.8. The highest BCUT2D eigenvalue weighted by Crippen LogP contribution is 2.23. The second-order valence-corrected chi connectivity index (χ2v) is 5.20. The Hall–Kier alpha value is -2.73. The smallest absolute Gasteiger partial charge is 0.408 e. The summed E-state index contributed by atoms with van der Waals surface area (Å²) in [4.78, 5) is 11.5. The van der Waals surface area contributed by atoms with Gasteiger partial charge in [-0.05, 0) is 41.7 Å². The lowest BCUT2D eigenvalue weighted by atomic mass is 9.87. The van der Waals surface area contributed by atoms with Gasteiger partial charge in [0.15, 0.2) is 0 Å². The molecule has 110 valence electrons. The summed E-state index contributed by atoms with van der Waals surface area (Å²) in [6.07, 6.45) is 1.88. The maximum Gasteiger partial charge on any atom is 0.408 e. The third-order valence-corrected chi connectivity index (χ3v) is 3.64. The summed E-state index contributed by atoms with van der Waals surface area (Å²) in [5.41, 5.74) is 4.78. The highest BCUT2D eigenvalue weighted by atomic mass is 16.5. The molecule has 0 atom stereocenters. The fourth-order valence-electron chi connectivity index (χ4n) is 2.31. The lowest BCUT2D eigenvalue weighted by Crippen LogP contribution is -2.24. The third kappa shape index (κ3) is 3.67. The normalized spacial score (nSPS) is 11.5. The van der Waals surface area contributed by atoms with Gasteiger partial charge >= 0.3 is 6.09 Å². The quantitative estimate of drug-likeness (QED) is 0.883. The average Bonchev–Trinajstić information content (AvgIpc) is 2.53. The van der Waals surface area contributed by atoms with Crippen molar-refractivity contribution in [3.63, 3.8) is 0 Å². The molecule has 0 aromatic heterocycles. The number of carbonyl (C=O) groups is 1. The van der Waals surface area contributed by atoms with E-state index in [9.17, 15) is 4.79 Å². The molecular formula is C19H17NO2. The molecule has 1 N–H and O–H groups in total. The monoisotopic (exact) mass is 291 g/mol. The summed E-state index contributed by atoms with van der Waals surface area (Å²) in [7, 11) is 0. The Balaban J connectivity index is 1.42. The van der Waals surface area contributed by atoms with Crippen LogP contribution in [0.3, 0.4) is 0 Å². The SMILES string of the molecule is O=C(NCC#Cc1ccc2c(c1)CC2)OCc1ccccc1. The second-order valence-electron chi connectivity index (χ2n) is 5.20. The summed E-state index contributed by atoms with van der Waals surface area (Å²) < 4.78 is 5.11. The van der Waals surface area contributed by atoms with Gasteiger partial charge in [-0.15, -0.1) is 0 Å². The van der Waals surface area contributed by atoms with Gasteiger partial charge in [0.2, 0.25) is 0 Å². The van der Waals surface area contributed by atoms with E-state index in [4.69, 9.17) is 4.74 Å². The van der Waals surface area contributed by atoms with Gasteiger partial charge in [0, 0.05) is 5.56 Å². The van der Waals surface area contributed by atoms with Crippen LogP contribution in [0, 0.1) is 11.8 Å². The molecule has 0 fully saturated rings. The Bertz CT molecular complexity index is 726. The van der Waals surface area contributed by atoms with Crippen LogP contribution in [0.15, 0.2) is 48.5 Å². The number of alkyl carbamates (subject to hydrolysis) is 1. The van der Waals surface area contributed by atoms with Crippen molar-refractivity contribution in [1.29, 1.82) is 0 Å². The molecule has 1 amide bonds. The van der Waals surface area contributed by atoms with Gasteiger partial charge in [-0.1, -0.05) is 48.2 Å². The molecule has 0 heterocycles. The fourth-order valence-corrected chi connectivity index (χ4v) is 2.31. The van der Waals surface area contributed by atoms with Crippen LogP contribution in [0.1, 0.15) is 22.3 Å². The summed E-state index contributed by atoms with van der Waals surface area (Å²) in [6, 6.07) is 15.9. The molecule has 0 radical (unpaired) electrons. The number of aryl methyl sites for hydroxylation is 2. The van der Waals surface area contributed by atoms with Crippen molar-refractivity contribution in [2.45, 2.75) is 19.4 Å². The van der Waals surface area contributed by atoms with E-state index in [1.807, 2.05) is 36.4 Å². The number of ether oxygens (including phenoxy) is 1. The Labute approximate surface area is 130 Å². The molecule has 3 rings (SSSR count). The maximum atomic E-state index is 11.5. The summed E-state index contributed by atoms with van der Waals surface area (Å²) >= 11 is 0. The topological polar surface area (TPSA) is 38.3 Å². The fraction of sp³-hybridized carbons (Fsp3) is 0.211.